The molecule has 8 heteroatoms. The van der Waals surface area contributed by atoms with E-state index >= 15 is 0 Å². The number of hydrogen-bond donors (Lipinski definition) is 1. The quantitative estimate of drug-likeness (QED) is 0.747. The second-order valence-electron chi connectivity index (χ2n) is 5.97. The highest BCUT2D eigenvalue weighted by atomic mass is 19.4. The number of nitrogens with two attached hydrogens (primary N) is 1. The summed E-state index contributed by atoms with van der Waals surface area (Å²) >= 11 is 0. The molecule has 1 saturated carbocycles. The summed E-state index contributed by atoms with van der Waals surface area (Å²) < 4.78 is 41.8. The molecule has 1 aliphatic heterocycles. The van der Waals surface area contributed by atoms with Crippen molar-refractivity contribution in [3.05, 3.63) is 0 Å². The highest BCUT2D eigenvalue weighted by molar-refractivity contribution is 5.81. The number of methoxy groups -OCH3 is 1. The molecule has 2 aliphatic rings. The number of rotatable bonds is 5. The third kappa shape index (κ3) is 4.31. The Morgan fingerprint density at radius 3 is 2.00 bits per heavy atom. The van der Waals surface area contributed by atoms with Crippen molar-refractivity contribution in [3.8, 4) is 0 Å². The van der Waals surface area contributed by atoms with Gasteiger partial charge in [0.25, 0.3) is 0 Å². The van der Waals surface area contributed by atoms with Crippen LogP contribution in [0, 0.1) is 5.92 Å². The fourth-order valence-corrected chi connectivity index (χ4v) is 2.88. The summed E-state index contributed by atoms with van der Waals surface area (Å²) in [6.45, 7) is 1.11. The van der Waals surface area contributed by atoms with Crippen molar-refractivity contribution in [2.24, 2.45) is 11.7 Å². The van der Waals surface area contributed by atoms with Crippen LogP contribution in [0.5, 0.6) is 0 Å². The first-order chi connectivity index (χ1) is 9.74. The molecule has 1 unspecified atom stereocenters. The molecule has 2 rings (SSSR count). The standard InChI is InChI=1S/C13H22F3N3O2/c1-21-11(20)12(17,10-2-3-10)8-18-4-6-19(7-5-18)9-13(14,15)16/h10H,2-9,17H2,1H3. The molecular formula is C13H22F3N3O2. The third-order valence-corrected chi connectivity index (χ3v) is 4.22. The van der Waals surface area contributed by atoms with Gasteiger partial charge in [-0.05, 0) is 18.8 Å². The Morgan fingerprint density at radius 2 is 1.62 bits per heavy atom. The molecule has 0 aromatic rings. The normalized spacial score (nSPS) is 24.6. The maximum absolute atomic E-state index is 12.3. The molecule has 0 radical (unpaired) electrons. The minimum absolute atomic E-state index is 0.123. The predicted molar refractivity (Wildman–Crippen MR) is 70.6 cm³/mol. The average molecular weight is 309 g/mol. The zero-order valence-corrected chi connectivity index (χ0v) is 12.2. The molecule has 0 aromatic heterocycles. The van der Waals surface area contributed by atoms with E-state index < -0.39 is 24.2 Å². The molecule has 1 saturated heterocycles. The van der Waals surface area contributed by atoms with E-state index in [0.29, 0.717) is 32.7 Å². The highest BCUT2D eigenvalue weighted by Crippen LogP contribution is 2.39. The largest absolute Gasteiger partial charge is 0.468 e. The van der Waals surface area contributed by atoms with E-state index in [-0.39, 0.29) is 5.92 Å². The SMILES string of the molecule is COC(=O)C(N)(CN1CCN(CC(F)(F)F)CC1)C1CC1. The lowest BCUT2D eigenvalue weighted by molar-refractivity contribution is -0.151. The fourth-order valence-electron chi connectivity index (χ4n) is 2.88. The Hall–Kier alpha value is -0.860. The number of carbonyl (C=O) groups excluding carboxylic acids is 1. The van der Waals surface area contributed by atoms with Crippen LogP contribution >= 0.6 is 0 Å². The Labute approximate surface area is 122 Å². The van der Waals surface area contributed by atoms with Crippen molar-refractivity contribution in [2.45, 2.75) is 24.6 Å². The van der Waals surface area contributed by atoms with Crippen molar-refractivity contribution in [1.82, 2.24) is 9.80 Å². The van der Waals surface area contributed by atoms with Crippen LogP contribution < -0.4 is 5.73 Å². The van der Waals surface area contributed by atoms with Crippen molar-refractivity contribution in [1.29, 1.82) is 0 Å². The minimum Gasteiger partial charge on any atom is -0.468 e. The van der Waals surface area contributed by atoms with Crippen LogP contribution in [0.1, 0.15) is 12.8 Å². The monoisotopic (exact) mass is 309 g/mol. The van der Waals surface area contributed by atoms with E-state index in [4.69, 9.17) is 10.5 Å². The van der Waals surface area contributed by atoms with Gasteiger partial charge in [-0.2, -0.15) is 13.2 Å². The van der Waals surface area contributed by atoms with Gasteiger partial charge >= 0.3 is 12.1 Å². The van der Waals surface area contributed by atoms with Gasteiger partial charge in [0.15, 0.2) is 0 Å². The minimum atomic E-state index is -4.17. The summed E-state index contributed by atoms with van der Waals surface area (Å²) in [6, 6.07) is 0. The van der Waals surface area contributed by atoms with Crippen LogP contribution in [0.2, 0.25) is 0 Å². The zero-order valence-electron chi connectivity index (χ0n) is 12.2. The Kier molecular flexibility index (Phi) is 4.79. The molecule has 0 amide bonds. The van der Waals surface area contributed by atoms with Crippen LogP contribution in [0.15, 0.2) is 0 Å². The molecule has 1 heterocycles. The summed E-state index contributed by atoms with van der Waals surface area (Å²) in [4.78, 5) is 15.2. The van der Waals surface area contributed by atoms with Gasteiger partial charge in [-0.1, -0.05) is 0 Å². The van der Waals surface area contributed by atoms with E-state index in [1.165, 1.54) is 12.0 Å². The molecule has 1 atom stereocenters. The lowest BCUT2D eigenvalue weighted by Crippen LogP contribution is -2.61. The van der Waals surface area contributed by atoms with Crippen molar-refractivity contribution in [2.75, 3.05) is 46.4 Å². The van der Waals surface area contributed by atoms with Crippen molar-refractivity contribution < 1.29 is 22.7 Å². The van der Waals surface area contributed by atoms with Crippen LogP contribution in [-0.2, 0) is 9.53 Å². The van der Waals surface area contributed by atoms with Gasteiger partial charge < -0.3 is 10.5 Å². The summed E-state index contributed by atoms with van der Waals surface area (Å²) in [7, 11) is 1.31. The van der Waals surface area contributed by atoms with Gasteiger partial charge in [0.05, 0.1) is 13.7 Å². The third-order valence-electron chi connectivity index (χ3n) is 4.22. The number of hydrogen-bond acceptors (Lipinski definition) is 5. The van der Waals surface area contributed by atoms with Crippen LogP contribution in [0.4, 0.5) is 13.2 Å². The molecule has 1 aliphatic carbocycles. The number of carbonyl (C=O) groups is 1. The molecule has 0 bridgehead atoms. The van der Waals surface area contributed by atoms with E-state index in [2.05, 4.69) is 0 Å². The Morgan fingerprint density at radius 1 is 1.14 bits per heavy atom. The Balaban J connectivity index is 1.86. The maximum atomic E-state index is 12.3. The smallest absolute Gasteiger partial charge is 0.401 e. The Bertz CT molecular complexity index is 379. The summed E-state index contributed by atoms with van der Waals surface area (Å²) in [5.74, 6) is -0.305. The van der Waals surface area contributed by atoms with Gasteiger partial charge in [-0.3, -0.25) is 14.6 Å². The second-order valence-corrected chi connectivity index (χ2v) is 5.97. The summed E-state index contributed by atoms with van der Waals surface area (Å²) in [5, 5.41) is 0. The van der Waals surface area contributed by atoms with Gasteiger partial charge in [-0.25, -0.2) is 0 Å². The first-order valence-electron chi connectivity index (χ1n) is 7.13. The first-order valence-corrected chi connectivity index (χ1v) is 7.13. The molecule has 2 N–H and O–H groups in total. The molecule has 0 spiro atoms. The zero-order chi connectivity index (χ0) is 15.7. The van der Waals surface area contributed by atoms with Crippen molar-refractivity contribution >= 4 is 5.97 Å². The number of halogens is 3. The van der Waals surface area contributed by atoms with Crippen LogP contribution in [-0.4, -0.2) is 73.9 Å². The highest BCUT2D eigenvalue weighted by Gasteiger charge is 2.50. The number of alkyl halides is 3. The predicted octanol–water partition coefficient (Wildman–Crippen LogP) is 0.447. The summed E-state index contributed by atoms with van der Waals surface area (Å²) in [6.07, 6.45) is -2.36. The van der Waals surface area contributed by atoms with Gasteiger partial charge in [0.2, 0.25) is 0 Å². The molecular weight excluding hydrogens is 287 g/mol. The van der Waals surface area contributed by atoms with E-state index in [1.54, 1.807) is 0 Å². The number of nitrogens with zero attached hydrogens (tertiary/aromatic N) is 2. The topological polar surface area (TPSA) is 58.8 Å². The van der Waals surface area contributed by atoms with Gasteiger partial charge in [0, 0.05) is 32.7 Å². The summed E-state index contributed by atoms with van der Waals surface area (Å²) in [5.41, 5.74) is 5.19. The first kappa shape index (κ1) is 16.5. The van der Waals surface area contributed by atoms with Crippen LogP contribution in [0.25, 0.3) is 0 Å². The molecule has 5 nitrogen and oxygen atoms in total. The maximum Gasteiger partial charge on any atom is 0.401 e. The van der Waals surface area contributed by atoms with Gasteiger partial charge in [-0.15, -0.1) is 0 Å². The molecule has 122 valence electrons. The number of ether oxygens (including phenoxy) is 1. The van der Waals surface area contributed by atoms with E-state index in [1.807, 2.05) is 4.90 Å². The molecule has 21 heavy (non-hydrogen) atoms. The van der Waals surface area contributed by atoms with Crippen LogP contribution in [0.3, 0.4) is 0 Å². The molecule has 2 fully saturated rings. The lowest BCUT2D eigenvalue weighted by atomic mass is 9.93. The average Bonchev–Trinajstić information content (AvgIpc) is 3.23. The number of esters is 1. The van der Waals surface area contributed by atoms with E-state index in [0.717, 1.165) is 12.8 Å². The van der Waals surface area contributed by atoms with Gasteiger partial charge in [0.1, 0.15) is 5.54 Å². The lowest BCUT2D eigenvalue weighted by Gasteiger charge is -2.39. The fraction of sp³-hybridized carbons (Fsp3) is 0.923. The van der Waals surface area contributed by atoms with Crippen molar-refractivity contribution in [3.63, 3.8) is 0 Å². The second kappa shape index (κ2) is 6.10. The van der Waals surface area contributed by atoms with E-state index in [9.17, 15) is 18.0 Å². The number of piperazine rings is 1. The molecule has 0 aromatic carbocycles.